The van der Waals surface area contributed by atoms with Crippen molar-refractivity contribution >= 4 is 33.3 Å². The molecule has 0 saturated heterocycles. The van der Waals surface area contributed by atoms with E-state index >= 15 is 0 Å². The summed E-state index contributed by atoms with van der Waals surface area (Å²) in [6.45, 7) is 4.94. The molecule has 6 nitrogen and oxygen atoms in total. The first-order valence-electron chi connectivity index (χ1n) is 8.46. The number of aromatic nitrogens is 2. The zero-order chi connectivity index (χ0) is 18.5. The summed E-state index contributed by atoms with van der Waals surface area (Å²) in [7, 11) is 0. The molecule has 3 rings (SSSR count). The Hall–Kier alpha value is -2.67. The molecule has 0 saturated carbocycles. The Kier molecular flexibility index (Phi) is 5.68. The number of esters is 1. The first-order chi connectivity index (χ1) is 12.5. The largest absolute Gasteiger partial charge is 0.451 e. The minimum atomic E-state index is -0.469. The van der Waals surface area contributed by atoms with Gasteiger partial charge in [-0.05, 0) is 43.9 Å². The molecule has 3 aromatic rings. The third-order valence-corrected chi connectivity index (χ3v) is 5.03. The van der Waals surface area contributed by atoms with Crippen molar-refractivity contribution < 1.29 is 14.3 Å². The summed E-state index contributed by atoms with van der Waals surface area (Å²) >= 11 is 1.36. The van der Waals surface area contributed by atoms with Crippen LogP contribution < -0.4 is 5.32 Å². The Morgan fingerprint density at radius 3 is 2.77 bits per heavy atom. The highest BCUT2D eigenvalue weighted by molar-refractivity contribution is 7.20. The molecule has 0 fully saturated rings. The summed E-state index contributed by atoms with van der Waals surface area (Å²) in [6.07, 6.45) is 0.762. The maximum atomic E-state index is 12.1. The van der Waals surface area contributed by atoms with Crippen LogP contribution in [0.25, 0.3) is 10.1 Å². The van der Waals surface area contributed by atoms with Crippen molar-refractivity contribution in [1.82, 2.24) is 15.1 Å². The Balaban J connectivity index is 1.39. The molecule has 7 heteroatoms. The van der Waals surface area contributed by atoms with Crippen molar-refractivity contribution in [2.45, 2.75) is 26.8 Å². The summed E-state index contributed by atoms with van der Waals surface area (Å²) in [5.74, 6) is -0.767. The van der Waals surface area contributed by atoms with Gasteiger partial charge < -0.3 is 10.1 Å². The molecule has 0 bridgehead atoms. The molecule has 0 spiro atoms. The fourth-order valence-electron chi connectivity index (χ4n) is 2.69. The molecule has 1 N–H and O–H groups in total. The lowest BCUT2D eigenvalue weighted by molar-refractivity contribution is -0.124. The maximum absolute atomic E-state index is 12.1. The molecule has 1 amide bonds. The van der Waals surface area contributed by atoms with Gasteiger partial charge in [-0.1, -0.05) is 18.2 Å². The molecule has 0 atom stereocenters. The third kappa shape index (κ3) is 4.49. The van der Waals surface area contributed by atoms with Gasteiger partial charge >= 0.3 is 5.97 Å². The highest BCUT2D eigenvalue weighted by Crippen LogP contribution is 2.25. The second-order valence-corrected chi connectivity index (χ2v) is 7.16. The molecular formula is C19H21N3O3S. The number of fused-ring (bicyclic) bond motifs is 1. The van der Waals surface area contributed by atoms with Gasteiger partial charge in [-0.2, -0.15) is 5.10 Å². The monoisotopic (exact) mass is 371 g/mol. The quantitative estimate of drug-likeness (QED) is 0.512. The lowest BCUT2D eigenvalue weighted by Crippen LogP contribution is -2.30. The first kappa shape index (κ1) is 18.1. The van der Waals surface area contributed by atoms with E-state index in [1.807, 2.05) is 48.9 Å². The van der Waals surface area contributed by atoms with Crippen LogP contribution in [0.3, 0.4) is 0 Å². The van der Waals surface area contributed by atoms with Gasteiger partial charge in [0.05, 0.1) is 5.69 Å². The van der Waals surface area contributed by atoms with E-state index in [1.54, 1.807) is 6.07 Å². The predicted molar refractivity (Wildman–Crippen MR) is 101 cm³/mol. The molecule has 2 heterocycles. The SMILES string of the molecule is Cc1cc(C)n(CCCNC(=O)COC(=O)c2cc3ccccc3s2)n1. The normalized spacial score (nSPS) is 10.8. The van der Waals surface area contributed by atoms with Gasteiger partial charge in [-0.3, -0.25) is 9.48 Å². The van der Waals surface area contributed by atoms with Crippen molar-refractivity contribution in [3.8, 4) is 0 Å². The second kappa shape index (κ2) is 8.14. The Labute approximate surface area is 155 Å². The van der Waals surface area contributed by atoms with Crippen LogP contribution in [0.5, 0.6) is 0 Å². The number of ether oxygens (including phenoxy) is 1. The Morgan fingerprint density at radius 1 is 1.23 bits per heavy atom. The van der Waals surface area contributed by atoms with E-state index in [0.717, 1.165) is 34.4 Å². The topological polar surface area (TPSA) is 73.2 Å². The number of hydrogen-bond acceptors (Lipinski definition) is 5. The molecule has 0 aliphatic carbocycles. The summed E-state index contributed by atoms with van der Waals surface area (Å²) < 4.78 is 8.04. The number of hydrogen-bond donors (Lipinski definition) is 1. The van der Waals surface area contributed by atoms with Gasteiger partial charge in [-0.15, -0.1) is 11.3 Å². The zero-order valence-corrected chi connectivity index (χ0v) is 15.6. The molecule has 26 heavy (non-hydrogen) atoms. The molecule has 0 aliphatic heterocycles. The molecule has 2 aromatic heterocycles. The molecule has 0 unspecified atom stereocenters. The summed E-state index contributed by atoms with van der Waals surface area (Å²) in [5.41, 5.74) is 2.09. The molecule has 136 valence electrons. The smallest absolute Gasteiger partial charge is 0.348 e. The van der Waals surface area contributed by atoms with Gasteiger partial charge in [0.25, 0.3) is 5.91 Å². The van der Waals surface area contributed by atoms with Crippen molar-refractivity contribution in [2.75, 3.05) is 13.2 Å². The van der Waals surface area contributed by atoms with E-state index in [-0.39, 0.29) is 12.5 Å². The lowest BCUT2D eigenvalue weighted by atomic mass is 10.2. The molecule has 1 aromatic carbocycles. The van der Waals surface area contributed by atoms with Gasteiger partial charge in [0.15, 0.2) is 6.61 Å². The van der Waals surface area contributed by atoms with Crippen LogP contribution in [0.2, 0.25) is 0 Å². The lowest BCUT2D eigenvalue weighted by Gasteiger charge is -2.07. The van der Waals surface area contributed by atoms with Crippen LogP contribution in [0.4, 0.5) is 0 Å². The second-order valence-electron chi connectivity index (χ2n) is 6.08. The van der Waals surface area contributed by atoms with Gasteiger partial charge in [-0.25, -0.2) is 4.79 Å². The number of carbonyl (C=O) groups excluding carboxylic acids is 2. The van der Waals surface area contributed by atoms with Crippen LogP contribution in [0.1, 0.15) is 27.5 Å². The van der Waals surface area contributed by atoms with E-state index in [2.05, 4.69) is 10.4 Å². The highest BCUT2D eigenvalue weighted by Gasteiger charge is 2.13. The van der Waals surface area contributed by atoms with Crippen LogP contribution in [-0.2, 0) is 16.1 Å². The van der Waals surface area contributed by atoms with Crippen LogP contribution in [0, 0.1) is 13.8 Å². The number of nitrogens with zero attached hydrogens (tertiary/aromatic N) is 2. The summed E-state index contributed by atoms with van der Waals surface area (Å²) in [4.78, 5) is 24.4. The van der Waals surface area contributed by atoms with Crippen LogP contribution in [-0.4, -0.2) is 34.8 Å². The van der Waals surface area contributed by atoms with Gasteiger partial charge in [0, 0.05) is 23.5 Å². The van der Waals surface area contributed by atoms with Crippen molar-refractivity contribution in [3.63, 3.8) is 0 Å². The number of aryl methyl sites for hydroxylation is 3. The standard InChI is InChI=1S/C19H21N3O3S/c1-13-10-14(2)22(21-13)9-5-8-20-18(23)12-25-19(24)17-11-15-6-3-4-7-16(15)26-17/h3-4,6-7,10-11H,5,8-9,12H2,1-2H3,(H,20,23). The van der Waals surface area contributed by atoms with Gasteiger partial charge in [0.1, 0.15) is 4.88 Å². The maximum Gasteiger partial charge on any atom is 0.348 e. The van der Waals surface area contributed by atoms with Crippen molar-refractivity contribution in [2.24, 2.45) is 0 Å². The highest BCUT2D eigenvalue weighted by atomic mass is 32.1. The number of carbonyl (C=O) groups is 2. The van der Waals surface area contributed by atoms with E-state index < -0.39 is 5.97 Å². The minimum Gasteiger partial charge on any atom is -0.451 e. The summed E-state index contributed by atoms with van der Waals surface area (Å²) in [5, 5.41) is 8.13. The van der Waals surface area contributed by atoms with Crippen LogP contribution >= 0.6 is 11.3 Å². The number of nitrogens with one attached hydrogen (secondary N) is 1. The number of amides is 1. The Morgan fingerprint density at radius 2 is 2.04 bits per heavy atom. The fraction of sp³-hybridized carbons (Fsp3) is 0.316. The molecule has 0 radical (unpaired) electrons. The van der Waals surface area contributed by atoms with Crippen molar-refractivity contribution in [1.29, 1.82) is 0 Å². The first-order valence-corrected chi connectivity index (χ1v) is 9.28. The molecular weight excluding hydrogens is 350 g/mol. The van der Waals surface area contributed by atoms with Gasteiger partial charge in [0.2, 0.25) is 0 Å². The average Bonchev–Trinajstić information content (AvgIpc) is 3.19. The number of rotatable bonds is 7. The van der Waals surface area contributed by atoms with E-state index in [4.69, 9.17) is 4.74 Å². The number of thiophene rings is 1. The van der Waals surface area contributed by atoms with Crippen LogP contribution in [0.15, 0.2) is 36.4 Å². The predicted octanol–water partition coefficient (Wildman–Crippen LogP) is 3.08. The van der Waals surface area contributed by atoms with E-state index in [0.29, 0.717) is 11.4 Å². The zero-order valence-electron chi connectivity index (χ0n) is 14.8. The van der Waals surface area contributed by atoms with Crippen molar-refractivity contribution in [3.05, 3.63) is 52.7 Å². The van der Waals surface area contributed by atoms with E-state index in [1.165, 1.54) is 11.3 Å². The average molecular weight is 371 g/mol. The molecule has 0 aliphatic rings. The fourth-order valence-corrected chi connectivity index (χ4v) is 3.65. The minimum absolute atomic E-state index is 0.271. The number of benzene rings is 1. The Bertz CT molecular complexity index is 896. The summed E-state index contributed by atoms with van der Waals surface area (Å²) in [6, 6.07) is 11.5. The van der Waals surface area contributed by atoms with E-state index in [9.17, 15) is 9.59 Å². The third-order valence-electron chi connectivity index (χ3n) is 3.93.